The van der Waals surface area contributed by atoms with Gasteiger partial charge < -0.3 is 24.9 Å². The van der Waals surface area contributed by atoms with E-state index < -0.39 is 0 Å². The van der Waals surface area contributed by atoms with Crippen molar-refractivity contribution < 1.29 is 9.53 Å². The first kappa shape index (κ1) is 33.1. The van der Waals surface area contributed by atoms with E-state index >= 15 is 0 Å². The molecule has 7 nitrogen and oxygen atoms in total. The first-order valence-corrected chi connectivity index (χ1v) is 16.8. The molecule has 8 rings (SSSR count). The highest BCUT2D eigenvalue weighted by molar-refractivity contribution is 6.00. The van der Waals surface area contributed by atoms with E-state index in [9.17, 15) is 4.79 Å². The number of anilines is 3. The molecule has 1 fully saturated rings. The van der Waals surface area contributed by atoms with Crippen molar-refractivity contribution >= 4 is 45.0 Å². The van der Waals surface area contributed by atoms with Crippen LogP contribution in [0.1, 0.15) is 48.5 Å². The first-order valence-electron chi connectivity index (χ1n) is 16.8. The van der Waals surface area contributed by atoms with Crippen LogP contribution in [0, 0.1) is 0 Å². The Morgan fingerprint density at radius 1 is 0.776 bits per heavy atom. The van der Waals surface area contributed by atoms with E-state index in [2.05, 4.69) is 94.5 Å². The fourth-order valence-corrected chi connectivity index (χ4v) is 6.28. The molecule has 248 valence electrons. The highest BCUT2D eigenvalue weighted by Crippen LogP contribution is 2.41. The molecule has 0 amide bonds. The van der Waals surface area contributed by atoms with Crippen LogP contribution in [0.5, 0.6) is 0 Å². The van der Waals surface area contributed by atoms with Crippen LogP contribution in [0.3, 0.4) is 0 Å². The Bertz CT molecular complexity index is 2210. The number of nitrogens with two attached hydrogens (primary N) is 1. The van der Waals surface area contributed by atoms with Crippen molar-refractivity contribution in [2.75, 3.05) is 18.2 Å². The lowest BCUT2D eigenvalue weighted by Crippen LogP contribution is -2.08. The van der Waals surface area contributed by atoms with E-state index in [-0.39, 0.29) is 5.97 Å². The van der Waals surface area contributed by atoms with Gasteiger partial charge in [0, 0.05) is 66.0 Å². The van der Waals surface area contributed by atoms with Gasteiger partial charge in [-0.05, 0) is 77.9 Å². The van der Waals surface area contributed by atoms with Crippen LogP contribution in [0.4, 0.5) is 17.2 Å². The van der Waals surface area contributed by atoms with Crippen molar-refractivity contribution in [3.8, 4) is 22.3 Å². The molecule has 3 aromatic heterocycles. The summed E-state index contributed by atoms with van der Waals surface area (Å²) < 4.78 is 9.28. The van der Waals surface area contributed by atoms with Crippen molar-refractivity contribution in [1.82, 2.24) is 14.1 Å². The number of esters is 1. The molecule has 0 saturated heterocycles. The second-order valence-electron chi connectivity index (χ2n) is 12.1. The van der Waals surface area contributed by atoms with Crippen LogP contribution in [-0.2, 0) is 18.8 Å². The third-order valence-corrected chi connectivity index (χ3v) is 8.76. The average Bonchev–Trinajstić information content (AvgIpc) is 3.84. The second-order valence-corrected chi connectivity index (χ2v) is 12.1. The number of aryl methyl sites for hydroxylation is 2. The van der Waals surface area contributed by atoms with E-state index in [1.165, 1.54) is 29.1 Å². The lowest BCUT2D eigenvalue weighted by atomic mass is 10.0. The van der Waals surface area contributed by atoms with Crippen LogP contribution < -0.4 is 11.1 Å². The smallest absolute Gasteiger partial charge is 0.341 e. The van der Waals surface area contributed by atoms with E-state index in [0.717, 1.165) is 51.8 Å². The van der Waals surface area contributed by atoms with Crippen LogP contribution >= 0.6 is 0 Å². The Labute approximate surface area is 288 Å². The molecule has 3 heterocycles. The molecule has 0 atom stereocenters. The number of benzene rings is 4. The quantitative estimate of drug-likeness (QED) is 0.138. The summed E-state index contributed by atoms with van der Waals surface area (Å²) in [6, 6.07) is 35.0. The summed E-state index contributed by atoms with van der Waals surface area (Å²) in [5.74, 6) is 0.650. The Kier molecular flexibility index (Phi) is 9.81. The fraction of sp³-hybridized carbons (Fsp3) is 0.190. The van der Waals surface area contributed by atoms with Gasteiger partial charge in [0.15, 0.2) is 0 Å². The number of hydrogen-bond donors (Lipinski definition) is 2. The van der Waals surface area contributed by atoms with Gasteiger partial charge in [0.25, 0.3) is 0 Å². The minimum atomic E-state index is -0.378. The number of methoxy groups -OCH3 is 1. The summed E-state index contributed by atoms with van der Waals surface area (Å²) in [7, 11) is 5.51. The van der Waals surface area contributed by atoms with E-state index in [1.807, 2.05) is 74.6 Å². The van der Waals surface area contributed by atoms with Gasteiger partial charge in [-0.2, -0.15) is 0 Å². The van der Waals surface area contributed by atoms with Crippen molar-refractivity contribution in [2.24, 2.45) is 14.1 Å². The number of nitrogens with zero attached hydrogens (tertiary/aromatic N) is 3. The summed E-state index contributed by atoms with van der Waals surface area (Å²) in [5, 5.41) is 5.67. The molecule has 0 radical (unpaired) electrons. The number of nitrogen functional groups attached to an aromatic ring is 1. The summed E-state index contributed by atoms with van der Waals surface area (Å²) >= 11 is 0. The van der Waals surface area contributed by atoms with Gasteiger partial charge >= 0.3 is 5.97 Å². The number of carbonyl (C=O) groups excluding carboxylic acids is 1. The monoisotopic (exact) mass is 649 g/mol. The van der Waals surface area contributed by atoms with Crippen LogP contribution in [0.25, 0.3) is 44.1 Å². The fourth-order valence-electron chi connectivity index (χ4n) is 6.28. The lowest BCUT2D eigenvalue weighted by Gasteiger charge is -2.14. The van der Waals surface area contributed by atoms with Gasteiger partial charge in [0.2, 0.25) is 0 Å². The number of fused-ring (bicyclic) bond motifs is 2. The van der Waals surface area contributed by atoms with Crippen molar-refractivity contribution in [3.05, 3.63) is 133 Å². The molecule has 7 aromatic rings. The largest absolute Gasteiger partial charge is 0.465 e. The molecule has 3 N–H and O–H groups in total. The average molecular weight is 650 g/mol. The van der Waals surface area contributed by atoms with E-state index in [0.29, 0.717) is 17.3 Å². The summed E-state index contributed by atoms with van der Waals surface area (Å²) in [6.45, 7) is 4.00. The van der Waals surface area contributed by atoms with Gasteiger partial charge in [-0.3, -0.25) is 0 Å². The zero-order valence-electron chi connectivity index (χ0n) is 28.8. The summed E-state index contributed by atoms with van der Waals surface area (Å²) in [5.41, 5.74) is 16.3. The van der Waals surface area contributed by atoms with Crippen molar-refractivity contribution in [2.45, 2.75) is 32.6 Å². The Balaban J connectivity index is 0.000000185. The van der Waals surface area contributed by atoms with E-state index in [4.69, 9.17) is 10.5 Å². The molecule has 4 aromatic carbocycles. The first-order chi connectivity index (χ1) is 23.9. The molecule has 0 bridgehead atoms. The number of carbonyl (C=O) groups is 1. The molecule has 0 spiro atoms. The van der Waals surface area contributed by atoms with Crippen LogP contribution in [0.2, 0.25) is 0 Å². The normalized spacial score (nSPS) is 12.1. The Morgan fingerprint density at radius 2 is 1.33 bits per heavy atom. The van der Waals surface area contributed by atoms with Gasteiger partial charge in [-0.15, -0.1) is 0 Å². The highest BCUT2D eigenvalue weighted by atomic mass is 16.5. The van der Waals surface area contributed by atoms with Crippen LogP contribution in [0.15, 0.2) is 122 Å². The topological polar surface area (TPSA) is 87.1 Å². The minimum Gasteiger partial charge on any atom is -0.465 e. The third-order valence-electron chi connectivity index (χ3n) is 8.76. The molecule has 1 saturated carbocycles. The zero-order chi connectivity index (χ0) is 34.5. The predicted octanol–water partition coefficient (Wildman–Crippen LogP) is 10.1. The maximum atomic E-state index is 12.4. The molecule has 1 aliphatic carbocycles. The Morgan fingerprint density at radius 3 is 1.88 bits per heavy atom. The molecule has 0 aliphatic heterocycles. The number of rotatable bonds is 6. The zero-order valence-corrected chi connectivity index (χ0v) is 28.8. The van der Waals surface area contributed by atoms with Crippen molar-refractivity contribution in [3.63, 3.8) is 0 Å². The van der Waals surface area contributed by atoms with Crippen LogP contribution in [-0.4, -0.2) is 27.2 Å². The standard InChI is InChI=1S/C25H23N3O2.C15H14N2.C2H6/c1-28-11-10-18-12-20(14-21(23(18)28)17-6-4-3-5-7-17)27-24-22(25(29)30-2)13-19(15-26-24)16-8-9-16;1-17-8-7-12-9-13(16)10-14(15(12)17)11-5-3-2-4-6-11;1-2/h3-7,10-16H,8-9H2,1-2H3,(H,26,27);2-10H,16H2,1H3;1-2H3. The maximum Gasteiger partial charge on any atom is 0.341 e. The van der Waals surface area contributed by atoms with Gasteiger partial charge in [-0.25, -0.2) is 9.78 Å². The Hall–Kier alpha value is -5.82. The second kappa shape index (κ2) is 14.5. The number of hydrogen-bond acceptors (Lipinski definition) is 5. The third kappa shape index (κ3) is 7.06. The van der Waals surface area contributed by atoms with Gasteiger partial charge in [-0.1, -0.05) is 74.5 Å². The number of pyridine rings is 1. The molecule has 7 heteroatoms. The van der Waals surface area contributed by atoms with Crippen molar-refractivity contribution in [1.29, 1.82) is 0 Å². The number of ether oxygens (including phenoxy) is 1. The van der Waals surface area contributed by atoms with Gasteiger partial charge in [0.05, 0.1) is 18.1 Å². The molecular formula is C42H43N5O2. The molecule has 1 aliphatic rings. The van der Waals surface area contributed by atoms with E-state index in [1.54, 1.807) is 0 Å². The molecular weight excluding hydrogens is 606 g/mol. The minimum absolute atomic E-state index is 0.378. The lowest BCUT2D eigenvalue weighted by molar-refractivity contribution is 0.0601. The summed E-state index contributed by atoms with van der Waals surface area (Å²) in [4.78, 5) is 17.0. The summed E-state index contributed by atoms with van der Waals surface area (Å²) in [6.07, 6.45) is 8.30. The van der Waals surface area contributed by atoms with Gasteiger partial charge in [0.1, 0.15) is 11.4 Å². The maximum absolute atomic E-state index is 12.4. The number of aromatic nitrogens is 3. The number of nitrogens with one attached hydrogen (secondary N) is 1. The predicted molar refractivity (Wildman–Crippen MR) is 203 cm³/mol. The SMILES string of the molecule is CC.COC(=O)c1cc(C2CC2)cnc1Nc1cc(-c2ccccc2)c2c(ccn2C)c1.Cn1ccc2cc(N)cc(-c3ccccc3)c21. The molecule has 49 heavy (non-hydrogen) atoms. The highest BCUT2D eigenvalue weighted by Gasteiger charge is 2.26. The molecule has 0 unspecified atom stereocenters.